The lowest BCUT2D eigenvalue weighted by Gasteiger charge is -2.39. The standard InChI is InChI=1S/C18H27NO/c1-17(2)14-9-10-18(17,3)16(13-14)20-12-11-19-15-7-5-4-6-8-15/h4-8,14,16,19H,9-13H2,1-3H3. The maximum Gasteiger partial charge on any atom is 0.0643 e. The van der Waals surface area contributed by atoms with E-state index in [1.54, 1.807) is 0 Å². The average Bonchev–Trinajstić information content (AvgIpc) is 2.78. The summed E-state index contributed by atoms with van der Waals surface area (Å²) in [6.45, 7) is 9.02. The summed E-state index contributed by atoms with van der Waals surface area (Å²) in [7, 11) is 0. The smallest absolute Gasteiger partial charge is 0.0643 e. The zero-order chi connectivity index (χ0) is 14.2. The monoisotopic (exact) mass is 273 g/mol. The molecule has 2 bridgehead atoms. The molecule has 3 rings (SSSR count). The molecule has 0 saturated heterocycles. The quantitative estimate of drug-likeness (QED) is 0.806. The van der Waals surface area contributed by atoms with Crippen molar-refractivity contribution >= 4 is 5.69 Å². The van der Waals surface area contributed by atoms with Gasteiger partial charge in [0.05, 0.1) is 12.7 Å². The fourth-order valence-electron chi connectivity index (χ4n) is 4.33. The first kappa shape index (κ1) is 13.9. The molecular weight excluding hydrogens is 246 g/mol. The Morgan fingerprint density at radius 3 is 2.55 bits per heavy atom. The van der Waals surface area contributed by atoms with Gasteiger partial charge in [-0.25, -0.2) is 0 Å². The van der Waals surface area contributed by atoms with Gasteiger partial charge in [-0.3, -0.25) is 0 Å². The van der Waals surface area contributed by atoms with Crippen LogP contribution < -0.4 is 5.32 Å². The van der Waals surface area contributed by atoms with Crippen molar-refractivity contribution < 1.29 is 4.74 Å². The molecule has 2 aliphatic carbocycles. The van der Waals surface area contributed by atoms with Crippen LogP contribution in [0, 0.1) is 16.7 Å². The van der Waals surface area contributed by atoms with E-state index >= 15 is 0 Å². The molecule has 2 aliphatic rings. The topological polar surface area (TPSA) is 21.3 Å². The van der Waals surface area contributed by atoms with E-state index in [2.05, 4.69) is 50.4 Å². The molecular formula is C18H27NO. The van der Waals surface area contributed by atoms with Crippen LogP contribution in [-0.4, -0.2) is 19.3 Å². The van der Waals surface area contributed by atoms with E-state index in [0.717, 1.165) is 19.1 Å². The molecule has 1 aromatic carbocycles. The van der Waals surface area contributed by atoms with E-state index in [0.29, 0.717) is 16.9 Å². The maximum absolute atomic E-state index is 6.23. The number of anilines is 1. The zero-order valence-corrected chi connectivity index (χ0v) is 13.0. The highest BCUT2D eigenvalue weighted by Gasteiger charge is 2.61. The maximum atomic E-state index is 6.23. The molecule has 0 heterocycles. The van der Waals surface area contributed by atoms with Crippen molar-refractivity contribution in [3.63, 3.8) is 0 Å². The minimum atomic E-state index is 0.379. The summed E-state index contributed by atoms with van der Waals surface area (Å²) in [6, 6.07) is 10.4. The second-order valence-electron chi connectivity index (χ2n) is 7.26. The first-order chi connectivity index (χ1) is 9.54. The molecule has 1 aromatic rings. The fraction of sp³-hybridized carbons (Fsp3) is 0.667. The van der Waals surface area contributed by atoms with Gasteiger partial charge >= 0.3 is 0 Å². The molecule has 3 atom stereocenters. The Labute approximate surface area is 122 Å². The van der Waals surface area contributed by atoms with Gasteiger partial charge in [0, 0.05) is 12.2 Å². The molecule has 0 radical (unpaired) electrons. The number of hydrogen-bond acceptors (Lipinski definition) is 2. The molecule has 0 amide bonds. The fourth-order valence-corrected chi connectivity index (χ4v) is 4.33. The third kappa shape index (κ3) is 2.14. The van der Waals surface area contributed by atoms with Crippen LogP contribution in [0.4, 0.5) is 5.69 Å². The van der Waals surface area contributed by atoms with Crippen LogP contribution in [0.25, 0.3) is 0 Å². The number of ether oxygens (including phenoxy) is 1. The van der Waals surface area contributed by atoms with Gasteiger partial charge in [0.25, 0.3) is 0 Å². The normalized spacial score (nSPS) is 34.4. The van der Waals surface area contributed by atoms with Crippen LogP contribution in [0.15, 0.2) is 30.3 Å². The molecule has 20 heavy (non-hydrogen) atoms. The first-order valence-corrected chi connectivity index (χ1v) is 7.94. The van der Waals surface area contributed by atoms with E-state index in [1.807, 2.05) is 6.07 Å². The summed E-state index contributed by atoms with van der Waals surface area (Å²) in [5, 5.41) is 3.42. The highest BCUT2D eigenvalue weighted by molar-refractivity contribution is 5.42. The van der Waals surface area contributed by atoms with Crippen molar-refractivity contribution in [3.05, 3.63) is 30.3 Å². The lowest BCUT2D eigenvalue weighted by Crippen LogP contribution is -2.37. The van der Waals surface area contributed by atoms with E-state index in [1.165, 1.54) is 24.9 Å². The Morgan fingerprint density at radius 1 is 1.20 bits per heavy atom. The van der Waals surface area contributed by atoms with Crippen molar-refractivity contribution in [1.29, 1.82) is 0 Å². The predicted octanol–water partition coefficient (Wildman–Crippen LogP) is 4.33. The van der Waals surface area contributed by atoms with E-state index in [9.17, 15) is 0 Å². The largest absolute Gasteiger partial charge is 0.383 e. The Morgan fingerprint density at radius 2 is 1.95 bits per heavy atom. The van der Waals surface area contributed by atoms with Gasteiger partial charge in [-0.05, 0) is 48.1 Å². The molecule has 1 N–H and O–H groups in total. The SMILES string of the molecule is CC1(C)C2CCC1(C)C(OCCNc1ccccc1)C2. The zero-order valence-electron chi connectivity index (χ0n) is 13.0. The van der Waals surface area contributed by atoms with Crippen LogP contribution in [0.3, 0.4) is 0 Å². The summed E-state index contributed by atoms with van der Waals surface area (Å²) in [4.78, 5) is 0. The molecule has 3 unspecified atom stereocenters. The number of fused-ring (bicyclic) bond motifs is 2. The van der Waals surface area contributed by atoms with Crippen LogP contribution in [0.2, 0.25) is 0 Å². The minimum absolute atomic E-state index is 0.379. The van der Waals surface area contributed by atoms with Crippen molar-refractivity contribution in [2.75, 3.05) is 18.5 Å². The Balaban J connectivity index is 1.49. The summed E-state index contributed by atoms with van der Waals surface area (Å²) >= 11 is 0. The summed E-state index contributed by atoms with van der Waals surface area (Å²) in [5.41, 5.74) is 2.00. The molecule has 0 spiro atoms. The molecule has 0 aliphatic heterocycles. The van der Waals surface area contributed by atoms with Gasteiger partial charge < -0.3 is 10.1 Å². The molecule has 2 heteroatoms. The number of benzene rings is 1. The summed E-state index contributed by atoms with van der Waals surface area (Å²) in [6.07, 6.45) is 4.44. The number of nitrogens with one attached hydrogen (secondary N) is 1. The summed E-state index contributed by atoms with van der Waals surface area (Å²) < 4.78 is 6.23. The number of rotatable bonds is 5. The van der Waals surface area contributed by atoms with Crippen molar-refractivity contribution in [1.82, 2.24) is 0 Å². The number of para-hydroxylation sites is 1. The van der Waals surface area contributed by atoms with Crippen LogP contribution in [0.1, 0.15) is 40.0 Å². The lowest BCUT2D eigenvalue weighted by atomic mass is 9.70. The minimum Gasteiger partial charge on any atom is -0.383 e. The third-order valence-electron chi connectivity index (χ3n) is 6.24. The van der Waals surface area contributed by atoms with Gasteiger partial charge in [-0.2, -0.15) is 0 Å². The van der Waals surface area contributed by atoms with Crippen molar-refractivity contribution in [3.8, 4) is 0 Å². The van der Waals surface area contributed by atoms with Crippen LogP contribution >= 0.6 is 0 Å². The molecule has 2 nitrogen and oxygen atoms in total. The highest BCUT2D eigenvalue weighted by Crippen LogP contribution is 2.66. The molecule has 2 fully saturated rings. The van der Waals surface area contributed by atoms with Crippen molar-refractivity contribution in [2.45, 2.75) is 46.1 Å². The highest BCUT2D eigenvalue weighted by atomic mass is 16.5. The summed E-state index contributed by atoms with van der Waals surface area (Å²) in [5.74, 6) is 0.861. The predicted molar refractivity (Wildman–Crippen MR) is 83.9 cm³/mol. The van der Waals surface area contributed by atoms with E-state index < -0.39 is 0 Å². The molecule has 2 saturated carbocycles. The van der Waals surface area contributed by atoms with Gasteiger partial charge in [0.1, 0.15) is 0 Å². The second-order valence-corrected chi connectivity index (χ2v) is 7.26. The molecule has 0 aromatic heterocycles. The Hall–Kier alpha value is -1.02. The Kier molecular flexibility index (Phi) is 3.53. The first-order valence-electron chi connectivity index (χ1n) is 7.94. The lowest BCUT2D eigenvalue weighted by molar-refractivity contribution is -0.0425. The average molecular weight is 273 g/mol. The van der Waals surface area contributed by atoms with E-state index in [4.69, 9.17) is 4.74 Å². The van der Waals surface area contributed by atoms with Gasteiger partial charge in [0.15, 0.2) is 0 Å². The van der Waals surface area contributed by atoms with Gasteiger partial charge in [0.2, 0.25) is 0 Å². The van der Waals surface area contributed by atoms with Crippen LogP contribution in [-0.2, 0) is 4.74 Å². The van der Waals surface area contributed by atoms with Gasteiger partial charge in [-0.1, -0.05) is 39.0 Å². The Bertz CT molecular complexity index is 456. The second kappa shape index (κ2) is 5.07. The van der Waals surface area contributed by atoms with E-state index in [-0.39, 0.29) is 0 Å². The van der Waals surface area contributed by atoms with Crippen LogP contribution in [0.5, 0.6) is 0 Å². The van der Waals surface area contributed by atoms with Crippen molar-refractivity contribution in [2.24, 2.45) is 16.7 Å². The van der Waals surface area contributed by atoms with Gasteiger partial charge in [-0.15, -0.1) is 0 Å². The number of hydrogen-bond donors (Lipinski definition) is 1. The third-order valence-corrected chi connectivity index (χ3v) is 6.24. The molecule has 110 valence electrons.